The Kier molecular flexibility index (Phi) is 9.36. The van der Waals surface area contributed by atoms with E-state index in [0.29, 0.717) is 18.7 Å². The van der Waals surface area contributed by atoms with Crippen molar-refractivity contribution in [2.24, 2.45) is 0 Å². The second-order valence-electron chi connectivity index (χ2n) is 11.8. The van der Waals surface area contributed by atoms with Gasteiger partial charge in [0.15, 0.2) is 11.3 Å². The Morgan fingerprint density at radius 3 is 2.62 bits per heavy atom. The van der Waals surface area contributed by atoms with Crippen molar-refractivity contribution < 1.29 is 27.9 Å². The third kappa shape index (κ3) is 7.05. The van der Waals surface area contributed by atoms with Crippen LogP contribution < -0.4 is 10.1 Å². The highest BCUT2D eigenvalue weighted by Gasteiger charge is 2.38. The fraction of sp³-hybridized carbons (Fsp3) is 0.419. The monoisotopic (exact) mass is 669 g/mol. The van der Waals surface area contributed by atoms with Crippen molar-refractivity contribution in [1.82, 2.24) is 39.1 Å². The minimum absolute atomic E-state index is 0.0593. The number of benzene rings is 1. The van der Waals surface area contributed by atoms with Crippen molar-refractivity contribution in [2.75, 3.05) is 39.0 Å². The lowest BCUT2D eigenvalue weighted by atomic mass is 10.0. The van der Waals surface area contributed by atoms with E-state index in [1.807, 2.05) is 0 Å². The molecule has 5 heterocycles. The van der Waals surface area contributed by atoms with Crippen LogP contribution in [0, 0.1) is 0 Å². The number of anilines is 1. The number of carbonyl (C=O) groups is 3. The van der Waals surface area contributed by atoms with E-state index in [9.17, 15) is 23.2 Å². The molecule has 16 heteroatoms. The number of hydrogen-bond donors (Lipinski definition) is 1. The number of likely N-dealkylation sites (tertiary alicyclic amines) is 2. The molecule has 2 aliphatic rings. The standard InChI is InChI=1S/C31H34ClF2N9O4/c1-39(2)30(46)24-5-3-11-42(24)20-8-13-40(14-9-20)27(44)18-41-17-23(36-29(45)22-16-26-35-10-4-12-43(26)37-22)28(38-41)21-15-19(32)6-7-25(21)47-31(33)34/h4,6-7,10,12,15-17,20,24,31H,3,5,8-9,11,13-14,18H2,1-2H3,(H,36,45). The van der Waals surface area contributed by atoms with Gasteiger partial charge in [0.25, 0.3) is 5.91 Å². The lowest BCUT2D eigenvalue weighted by molar-refractivity contribution is -0.137. The maximum absolute atomic E-state index is 13.5. The predicted molar refractivity (Wildman–Crippen MR) is 168 cm³/mol. The number of likely N-dealkylation sites (N-methyl/N-ethyl adjacent to an activating group) is 1. The topological polar surface area (TPSA) is 130 Å². The van der Waals surface area contributed by atoms with E-state index in [1.54, 1.807) is 42.4 Å². The Bertz CT molecular complexity index is 1750. The quantitative estimate of drug-likeness (QED) is 0.286. The number of rotatable bonds is 9. The molecule has 1 atom stereocenters. The average molecular weight is 670 g/mol. The highest BCUT2D eigenvalue weighted by molar-refractivity contribution is 6.31. The Balaban J connectivity index is 1.21. The van der Waals surface area contributed by atoms with Crippen molar-refractivity contribution in [3.05, 3.63) is 59.6 Å². The van der Waals surface area contributed by atoms with Crippen molar-refractivity contribution in [3.8, 4) is 17.0 Å². The maximum atomic E-state index is 13.5. The molecule has 1 unspecified atom stereocenters. The van der Waals surface area contributed by atoms with Crippen molar-refractivity contribution in [1.29, 1.82) is 0 Å². The maximum Gasteiger partial charge on any atom is 0.387 e. The summed E-state index contributed by atoms with van der Waals surface area (Å²) in [5.74, 6) is -0.892. The number of nitrogens with zero attached hydrogens (tertiary/aromatic N) is 8. The number of nitrogens with one attached hydrogen (secondary N) is 1. The first-order valence-electron chi connectivity index (χ1n) is 15.3. The summed E-state index contributed by atoms with van der Waals surface area (Å²) in [6.45, 7) is -1.39. The Hall–Kier alpha value is -4.63. The molecule has 2 fully saturated rings. The largest absolute Gasteiger partial charge is 0.434 e. The highest BCUT2D eigenvalue weighted by Crippen LogP contribution is 2.37. The summed E-state index contributed by atoms with van der Waals surface area (Å²) < 4.78 is 34.2. The SMILES string of the molecule is CN(C)C(=O)C1CCCN1C1CCN(C(=O)Cn2cc(NC(=O)c3cc4ncccn4n3)c(-c3cc(Cl)ccc3OC(F)F)n2)CC1. The summed E-state index contributed by atoms with van der Waals surface area (Å²) in [5.41, 5.74) is 0.831. The van der Waals surface area contributed by atoms with Gasteiger partial charge in [0.2, 0.25) is 11.8 Å². The molecule has 0 radical (unpaired) electrons. The smallest absolute Gasteiger partial charge is 0.387 e. The molecule has 0 aliphatic carbocycles. The molecule has 1 aromatic carbocycles. The van der Waals surface area contributed by atoms with Crippen LogP contribution in [0.5, 0.6) is 5.75 Å². The summed E-state index contributed by atoms with van der Waals surface area (Å²) in [6, 6.07) is 7.33. The fourth-order valence-electron chi connectivity index (χ4n) is 6.28. The number of halogens is 3. The van der Waals surface area contributed by atoms with Crippen LogP contribution in [0.3, 0.4) is 0 Å². The molecule has 4 aromatic rings. The number of piperidine rings is 1. The first kappa shape index (κ1) is 32.3. The molecule has 47 heavy (non-hydrogen) atoms. The van der Waals surface area contributed by atoms with Gasteiger partial charge in [0.05, 0.1) is 11.7 Å². The van der Waals surface area contributed by atoms with E-state index in [1.165, 1.54) is 39.7 Å². The van der Waals surface area contributed by atoms with Crippen LogP contribution in [0.4, 0.5) is 14.5 Å². The van der Waals surface area contributed by atoms with Crippen LogP contribution in [0.15, 0.2) is 48.9 Å². The van der Waals surface area contributed by atoms with Crippen LogP contribution in [0.1, 0.15) is 36.2 Å². The molecule has 2 saturated heterocycles. The van der Waals surface area contributed by atoms with Gasteiger partial charge in [-0.1, -0.05) is 11.6 Å². The van der Waals surface area contributed by atoms with Gasteiger partial charge in [0, 0.05) is 68.5 Å². The van der Waals surface area contributed by atoms with Gasteiger partial charge in [0.1, 0.15) is 18.0 Å². The first-order chi connectivity index (χ1) is 22.6. The van der Waals surface area contributed by atoms with E-state index in [2.05, 4.69) is 25.4 Å². The third-order valence-corrected chi connectivity index (χ3v) is 8.73. The molecule has 2 aliphatic heterocycles. The molecule has 0 bridgehead atoms. The molecule has 13 nitrogen and oxygen atoms in total. The molecule has 0 saturated carbocycles. The van der Waals surface area contributed by atoms with Crippen LogP contribution in [-0.2, 0) is 16.1 Å². The van der Waals surface area contributed by atoms with Gasteiger partial charge in [-0.15, -0.1) is 0 Å². The molecule has 3 aromatic heterocycles. The number of fused-ring (bicyclic) bond motifs is 1. The number of ether oxygens (including phenoxy) is 1. The highest BCUT2D eigenvalue weighted by atomic mass is 35.5. The summed E-state index contributed by atoms with van der Waals surface area (Å²) in [5, 5.41) is 11.7. The van der Waals surface area contributed by atoms with E-state index >= 15 is 0 Å². The van der Waals surface area contributed by atoms with Crippen LogP contribution >= 0.6 is 11.6 Å². The zero-order valence-corrected chi connectivity index (χ0v) is 26.6. The normalized spacial score (nSPS) is 17.4. The van der Waals surface area contributed by atoms with Gasteiger partial charge in [-0.2, -0.15) is 19.0 Å². The molecule has 1 N–H and O–H groups in total. The Labute approximate surface area is 274 Å². The van der Waals surface area contributed by atoms with Gasteiger partial charge >= 0.3 is 6.61 Å². The molecule has 0 spiro atoms. The van der Waals surface area contributed by atoms with E-state index < -0.39 is 12.5 Å². The molecular formula is C31H34ClF2N9O4. The minimum atomic E-state index is -3.12. The number of hydrogen-bond acceptors (Lipinski definition) is 8. The van der Waals surface area contributed by atoms with Gasteiger partial charge < -0.3 is 19.9 Å². The second-order valence-corrected chi connectivity index (χ2v) is 12.2. The van der Waals surface area contributed by atoms with E-state index in [-0.39, 0.29) is 63.9 Å². The van der Waals surface area contributed by atoms with Crippen molar-refractivity contribution >= 4 is 40.7 Å². The lowest BCUT2D eigenvalue weighted by Gasteiger charge is -2.39. The van der Waals surface area contributed by atoms with E-state index in [0.717, 1.165) is 32.2 Å². The minimum Gasteiger partial charge on any atom is -0.434 e. The number of carbonyl (C=O) groups excluding carboxylic acids is 3. The third-order valence-electron chi connectivity index (χ3n) is 8.49. The summed E-state index contributed by atoms with van der Waals surface area (Å²) in [7, 11) is 3.54. The molecule has 3 amide bonds. The van der Waals surface area contributed by atoms with Crippen molar-refractivity contribution in [2.45, 2.75) is 50.9 Å². The average Bonchev–Trinajstić information content (AvgIpc) is 3.80. The zero-order chi connectivity index (χ0) is 33.2. The van der Waals surface area contributed by atoms with Gasteiger partial charge in [-0.05, 0) is 56.5 Å². The summed E-state index contributed by atoms with van der Waals surface area (Å²) in [6.07, 6.45) is 7.94. The molecular weight excluding hydrogens is 636 g/mol. The van der Waals surface area contributed by atoms with Crippen molar-refractivity contribution in [3.63, 3.8) is 0 Å². The Morgan fingerprint density at radius 1 is 1.11 bits per heavy atom. The fourth-order valence-corrected chi connectivity index (χ4v) is 6.45. The second kappa shape index (κ2) is 13.6. The van der Waals surface area contributed by atoms with Gasteiger partial charge in [-0.3, -0.25) is 24.0 Å². The van der Waals surface area contributed by atoms with E-state index in [4.69, 9.17) is 16.3 Å². The number of aromatic nitrogens is 5. The van der Waals surface area contributed by atoms with Gasteiger partial charge in [-0.25, -0.2) is 9.50 Å². The number of alkyl halides is 2. The van der Waals surface area contributed by atoms with Crippen LogP contribution in [0.25, 0.3) is 16.9 Å². The predicted octanol–water partition coefficient (Wildman–Crippen LogP) is 3.64. The first-order valence-corrected chi connectivity index (χ1v) is 15.6. The number of amides is 3. The summed E-state index contributed by atoms with van der Waals surface area (Å²) >= 11 is 6.23. The zero-order valence-electron chi connectivity index (χ0n) is 25.9. The van der Waals surface area contributed by atoms with Crippen LogP contribution in [-0.4, -0.2) is 109 Å². The summed E-state index contributed by atoms with van der Waals surface area (Å²) in [4.78, 5) is 49.3. The Morgan fingerprint density at radius 2 is 1.89 bits per heavy atom. The molecule has 6 rings (SSSR count). The molecule has 248 valence electrons. The van der Waals surface area contributed by atoms with Crippen LogP contribution in [0.2, 0.25) is 5.02 Å². The lowest BCUT2D eigenvalue weighted by Crippen LogP contribution is -2.52.